The van der Waals surface area contributed by atoms with E-state index in [4.69, 9.17) is 0 Å². The van der Waals surface area contributed by atoms with Crippen LogP contribution < -0.4 is 5.32 Å². The fourth-order valence-electron chi connectivity index (χ4n) is 4.36. The molecule has 2 aromatic heterocycles. The predicted octanol–water partition coefficient (Wildman–Crippen LogP) is 4.10. The highest BCUT2D eigenvalue weighted by molar-refractivity contribution is 5.94. The fourth-order valence-corrected chi connectivity index (χ4v) is 4.36. The van der Waals surface area contributed by atoms with Crippen LogP contribution in [0, 0.1) is 12.9 Å². The lowest BCUT2D eigenvalue weighted by Crippen LogP contribution is -2.32. The number of rotatable bonds is 7. The second kappa shape index (κ2) is 10.0. The highest BCUT2D eigenvalue weighted by Gasteiger charge is 2.24. The minimum Gasteiger partial charge on any atom is -0.337 e. The number of nitrogens with one attached hydrogen (secondary N) is 1. The van der Waals surface area contributed by atoms with Crippen LogP contribution in [0.5, 0.6) is 0 Å². The lowest BCUT2D eigenvalue weighted by Gasteiger charge is -2.18. The molecule has 2 atom stereocenters. The van der Waals surface area contributed by atoms with Crippen molar-refractivity contribution in [3.05, 3.63) is 94.8 Å². The van der Waals surface area contributed by atoms with Gasteiger partial charge in [-0.05, 0) is 73.6 Å². The Bertz CT molecular complexity index is 1060. The number of nitrogens with zero attached hydrogens (tertiary/aromatic N) is 3. The van der Waals surface area contributed by atoms with Crippen molar-refractivity contribution < 1.29 is 9.18 Å². The van der Waals surface area contributed by atoms with Gasteiger partial charge in [0.25, 0.3) is 5.91 Å². The molecule has 1 aliphatic rings. The fraction of sp³-hybridized carbons (Fsp3) is 0.346. The molecular formula is C26H29FN4O. The molecule has 3 aromatic rings. The molecule has 166 valence electrons. The molecule has 1 fully saturated rings. The van der Waals surface area contributed by atoms with E-state index in [-0.39, 0.29) is 5.91 Å². The Morgan fingerprint density at radius 3 is 2.44 bits per heavy atom. The Labute approximate surface area is 188 Å². The van der Waals surface area contributed by atoms with Crippen molar-refractivity contribution in [3.8, 4) is 0 Å². The summed E-state index contributed by atoms with van der Waals surface area (Å²) in [5, 5.41) is 3.74. The molecule has 6 heteroatoms. The highest BCUT2D eigenvalue weighted by Crippen LogP contribution is 2.20. The summed E-state index contributed by atoms with van der Waals surface area (Å²) in [6.07, 6.45) is 9.50. The van der Waals surface area contributed by atoms with Gasteiger partial charge in [0.1, 0.15) is 0 Å². The SMILES string of the molecule is Cc1cc(CN(C)C(=O)c2ccc(C[C@@H]3CC[C@H](Cc4cccnc4)N3)cc2)cnc1F. The largest absolute Gasteiger partial charge is 0.337 e. The zero-order valence-electron chi connectivity index (χ0n) is 18.6. The lowest BCUT2D eigenvalue weighted by molar-refractivity contribution is 0.0785. The Balaban J connectivity index is 1.29. The maximum atomic E-state index is 13.4. The van der Waals surface area contributed by atoms with Gasteiger partial charge < -0.3 is 10.2 Å². The van der Waals surface area contributed by atoms with Crippen molar-refractivity contribution in [1.29, 1.82) is 0 Å². The Morgan fingerprint density at radius 2 is 1.78 bits per heavy atom. The number of benzene rings is 1. The van der Waals surface area contributed by atoms with Gasteiger partial charge in [-0.25, -0.2) is 4.98 Å². The third-order valence-electron chi connectivity index (χ3n) is 6.06. The number of halogens is 1. The molecule has 1 amide bonds. The molecule has 0 unspecified atom stereocenters. The Kier molecular flexibility index (Phi) is 6.90. The normalized spacial score (nSPS) is 18.0. The summed E-state index contributed by atoms with van der Waals surface area (Å²) >= 11 is 0. The van der Waals surface area contributed by atoms with Crippen LogP contribution in [0.15, 0.2) is 61.1 Å². The van der Waals surface area contributed by atoms with Crippen molar-refractivity contribution in [2.75, 3.05) is 7.05 Å². The molecule has 0 saturated carbocycles. The first-order valence-corrected chi connectivity index (χ1v) is 11.1. The molecule has 5 nitrogen and oxygen atoms in total. The number of hydrogen-bond donors (Lipinski definition) is 1. The third kappa shape index (κ3) is 5.56. The van der Waals surface area contributed by atoms with E-state index < -0.39 is 5.95 Å². The molecule has 1 saturated heterocycles. The van der Waals surface area contributed by atoms with Crippen LogP contribution in [0.1, 0.15) is 45.5 Å². The summed E-state index contributed by atoms with van der Waals surface area (Å²) in [6.45, 7) is 2.06. The number of amides is 1. The molecule has 4 rings (SSSR count). The van der Waals surface area contributed by atoms with Crippen LogP contribution in [0.2, 0.25) is 0 Å². The molecule has 1 aliphatic heterocycles. The molecule has 0 bridgehead atoms. The first-order chi connectivity index (χ1) is 15.5. The van der Waals surface area contributed by atoms with Gasteiger partial charge in [0, 0.05) is 55.4 Å². The number of aryl methyl sites for hydroxylation is 1. The van der Waals surface area contributed by atoms with Crippen LogP contribution in [0.3, 0.4) is 0 Å². The third-order valence-corrected chi connectivity index (χ3v) is 6.06. The first kappa shape index (κ1) is 22.1. The molecular weight excluding hydrogens is 403 g/mol. The maximum absolute atomic E-state index is 13.4. The van der Waals surface area contributed by atoms with Crippen LogP contribution in [-0.4, -0.2) is 39.9 Å². The van der Waals surface area contributed by atoms with Crippen LogP contribution >= 0.6 is 0 Å². The monoisotopic (exact) mass is 432 g/mol. The number of hydrogen-bond acceptors (Lipinski definition) is 4. The van der Waals surface area contributed by atoms with E-state index in [9.17, 15) is 9.18 Å². The van der Waals surface area contributed by atoms with Crippen molar-refractivity contribution in [3.63, 3.8) is 0 Å². The standard InChI is InChI=1S/C26H29FN4O/c1-18-12-21(16-29-25(18)27)17-31(2)26(32)22-7-5-19(6-8-22)13-23-9-10-24(30-23)14-20-4-3-11-28-15-20/h3-8,11-12,15-16,23-24,30H,9-10,13-14,17H2,1-2H3/t23-,24+/m0/s1. The summed E-state index contributed by atoms with van der Waals surface area (Å²) in [5.41, 5.74) is 4.43. The van der Waals surface area contributed by atoms with E-state index in [0.717, 1.165) is 24.8 Å². The number of carbonyl (C=O) groups is 1. The second-order valence-electron chi connectivity index (χ2n) is 8.72. The van der Waals surface area contributed by atoms with Crippen molar-refractivity contribution in [2.45, 2.75) is 51.2 Å². The van der Waals surface area contributed by atoms with Gasteiger partial charge in [0.15, 0.2) is 0 Å². The van der Waals surface area contributed by atoms with Crippen LogP contribution in [0.25, 0.3) is 0 Å². The average molecular weight is 433 g/mol. The summed E-state index contributed by atoms with van der Waals surface area (Å²) < 4.78 is 13.4. The quantitative estimate of drug-likeness (QED) is 0.571. The van der Waals surface area contributed by atoms with Crippen LogP contribution in [-0.2, 0) is 19.4 Å². The second-order valence-corrected chi connectivity index (χ2v) is 8.72. The minimum absolute atomic E-state index is 0.0611. The van der Waals surface area contributed by atoms with Gasteiger partial charge in [-0.2, -0.15) is 4.39 Å². The van der Waals surface area contributed by atoms with E-state index >= 15 is 0 Å². The van der Waals surface area contributed by atoms with Crippen molar-refractivity contribution >= 4 is 5.91 Å². The smallest absolute Gasteiger partial charge is 0.253 e. The molecule has 1 N–H and O–H groups in total. The van der Waals surface area contributed by atoms with Crippen LogP contribution in [0.4, 0.5) is 4.39 Å². The molecule has 32 heavy (non-hydrogen) atoms. The summed E-state index contributed by atoms with van der Waals surface area (Å²) in [4.78, 5) is 22.4. The van der Waals surface area contributed by atoms with Gasteiger partial charge in [0.05, 0.1) is 0 Å². The Hall–Kier alpha value is -3.12. The number of pyridine rings is 2. The average Bonchev–Trinajstić information content (AvgIpc) is 3.23. The predicted molar refractivity (Wildman–Crippen MR) is 123 cm³/mol. The van der Waals surface area contributed by atoms with Gasteiger partial charge >= 0.3 is 0 Å². The highest BCUT2D eigenvalue weighted by atomic mass is 19.1. The molecule has 0 radical (unpaired) electrons. The summed E-state index contributed by atoms with van der Waals surface area (Å²) in [6, 6.07) is 14.7. The number of carbonyl (C=O) groups excluding carboxylic acids is 1. The van der Waals surface area contributed by atoms with E-state index in [1.54, 1.807) is 24.9 Å². The minimum atomic E-state index is -0.474. The van der Waals surface area contributed by atoms with E-state index in [1.165, 1.54) is 23.7 Å². The van der Waals surface area contributed by atoms with E-state index in [2.05, 4.69) is 21.4 Å². The molecule has 0 spiro atoms. The van der Waals surface area contributed by atoms with Gasteiger partial charge in [0.2, 0.25) is 5.95 Å². The first-order valence-electron chi connectivity index (χ1n) is 11.1. The molecule has 1 aromatic carbocycles. The molecule has 0 aliphatic carbocycles. The van der Waals surface area contributed by atoms with E-state index in [0.29, 0.717) is 29.8 Å². The Morgan fingerprint density at radius 1 is 1.06 bits per heavy atom. The van der Waals surface area contributed by atoms with Gasteiger partial charge in [-0.3, -0.25) is 9.78 Å². The topological polar surface area (TPSA) is 58.1 Å². The zero-order valence-corrected chi connectivity index (χ0v) is 18.6. The lowest BCUT2D eigenvalue weighted by atomic mass is 10.0. The zero-order chi connectivity index (χ0) is 22.5. The molecule has 3 heterocycles. The van der Waals surface area contributed by atoms with E-state index in [1.807, 2.05) is 42.7 Å². The van der Waals surface area contributed by atoms with Gasteiger partial charge in [-0.15, -0.1) is 0 Å². The maximum Gasteiger partial charge on any atom is 0.253 e. The summed E-state index contributed by atoms with van der Waals surface area (Å²) in [7, 11) is 1.75. The van der Waals surface area contributed by atoms with Crippen molar-refractivity contribution in [1.82, 2.24) is 20.2 Å². The number of aromatic nitrogens is 2. The summed E-state index contributed by atoms with van der Waals surface area (Å²) in [5.74, 6) is -0.535. The van der Waals surface area contributed by atoms with Gasteiger partial charge in [-0.1, -0.05) is 18.2 Å². The van der Waals surface area contributed by atoms with Crippen molar-refractivity contribution in [2.24, 2.45) is 0 Å².